The normalized spacial score (nSPS) is 24.2. The molecule has 4 N–H and O–H groups in total. The monoisotopic (exact) mass is 742 g/mol. The fourth-order valence-electron chi connectivity index (χ4n) is 6.57. The van der Waals surface area contributed by atoms with E-state index in [1.807, 2.05) is 31.2 Å². The van der Waals surface area contributed by atoms with E-state index in [9.17, 15) is 22.8 Å². The quantitative estimate of drug-likeness (QED) is 0.0931. The number of methoxy groups -OCH3 is 1. The summed E-state index contributed by atoms with van der Waals surface area (Å²) in [6, 6.07) is 5.14. The van der Waals surface area contributed by atoms with Crippen LogP contribution in [0.4, 0.5) is 0 Å². The predicted molar refractivity (Wildman–Crippen MR) is 194 cm³/mol. The molecule has 3 fully saturated rings. The number of rotatable bonds is 17. The van der Waals surface area contributed by atoms with Crippen molar-refractivity contribution in [2.45, 2.75) is 94.9 Å². The average Bonchev–Trinajstić information content (AvgIpc) is 4.01. The van der Waals surface area contributed by atoms with Crippen molar-refractivity contribution < 1.29 is 41.7 Å². The molecule has 0 spiro atoms. The first-order valence-electron chi connectivity index (χ1n) is 17.7. The molecule has 6 atom stereocenters. The Morgan fingerprint density at radius 3 is 2.50 bits per heavy atom. The number of nitrogens with two attached hydrogens (primary N) is 1. The van der Waals surface area contributed by atoms with Crippen molar-refractivity contribution in [1.82, 2.24) is 19.9 Å². The lowest BCUT2D eigenvalue weighted by molar-refractivity contribution is -0.140. The van der Waals surface area contributed by atoms with Crippen molar-refractivity contribution in [3.05, 3.63) is 43.1 Å². The maximum Gasteiger partial charge on any atom is 0.282 e. The molecule has 5 rings (SSSR count). The highest BCUT2D eigenvalue weighted by atomic mass is 32.2. The number of aromatic nitrogens is 1. The Kier molecular flexibility index (Phi) is 12.0. The van der Waals surface area contributed by atoms with E-state index in [1.165, 1.54) is 11.0 Å². The zero-order valence-corrected chi connectivity index (χ0v) is 31.2. The van der Waals surface area contributed by atoms with Gasteiger partial charge in [-0.05, 0) is 51.5 Å². The van der Waals surface area contributed by atoms with Crippen LogP contribution in [0.5, 0.6) is 11.6 Å². The minimum atomic E-state index is -3.88. The van der Waals surface area contributed by atoms with E-state index in [0.29, 0.717) is 43.1 Å². The second-order valence-electron chi connectivity index (χ2n) is 14.2. The van der Waals surface area contributed by atoms with Gasteiger partial charge < -0.3 is 34.9 Å². The van der Waals surface area contributed by atoms with E-state index in [4.69, 9.17) is 24.7 Å². The molecule has 1 aromatic heterocycles. The molecule has 1 unspecified atom stereocenters. The van der Waals surface area contributed by atoms with Crippen molar-refractivity contribution in [1.29, 1.82) is 0 Å². The van der Waals surface area contributed by atoms with Gasteiger partial charge in [-0.25, -0.2) is 18.4 Å². The Balaban J connectivity index is 1.39. The first-order chi connectivity index (χ1) is 24.7. The summed E-state index contributed by atoms with van der Waals surface area (Å²) in [6.07, 6.45) is 4.01. The predicted octanol–water partition coefficient (Wildman–Crippen LogP) is 2.43. The first-order valence-corrected chi connectivity index (χ1v) is 19.2. The van der Waals surface area contributed by atoms with Crippen molar-refractivity contribution in [2.75, 3.05) is 26.9 Å². The molecule has 1 aromatic carbocycles. The largest absolute Gasteiger partial charge is 0.489 e. The third-order valence-corrected chi connectivity index (χ3v) is 11.3. The Hall–Kier alpha value is -4.44. The smallest absolute Gasteiger partial charge is 0.282 e. The number of amidine groups is 1. The number of amides is 3. The number of carbonyl (C=O) groups excluding carboxylic acids is 3. The topological polar surface area (TPSA) is 201 Å². The summed E-state index contributed by atoms with van der Waals surface area (Å²) < 4.78 is 50.5. The molecular formula is C36H50N6O9S. The number of sulfonamides is 1. The van der Waals surface area contributed by atoms with Crippen LogP contribution in [0.3, 0.4) is 0 Å². The third kappa shape index (κ3) is 8.95. The molecule has 0 bridgehead atoms. The maximum absolute atomic E-state index is 14.1. The minimum absolute atomic E-state index is 0.0104. The molecule has 2 aromatic rings. The van der Waals surface area contributed by atoms with Crippen LogP contribution in [-0.4, -0.2) is 104 Å². The van der Waals surface area contributed by atoms with Crippen molar-refractivity contribution in [3.8, 4) is 11.6 Å². The van der Waals surface area contributed by atoms with Crippen LogP contribution in [0.1, 0.15) is 59.8 Å². The fraction of sp³-hybridized carbons (Fsp3) is 0.583. The van der Waals surface area contributed by atoms with Crippen molar-refractivity contribution >= 4 is 44.5 Å². The number of benzene rings is 1. The van der Waals surface area contributed by atoms with Crippen LogP contribution >= 0.6 is 0 Å². The molecule has 1 saturated heterocycles. The molecule has 3 amide bonds. The highest BCUT2D eigenvalue weighted by Gasteiger charge is 2.62. The zero-order chi connectivity index (χ0) is 37.8. The number of carbonyl (C=O) groups is 3. The third-order valence-electron chi connectivity index (χ3n) is 9.45. The van der Waals surface area contributed by atoms with Gasteiger partial charge in [-0.15, -0.1) is 6.58 Å². The van der Waals surface area contributed by atoms with Gasteiger partial charge in [0, 0.05) is 30.2 Å². The molecule has 284 valence electrons. The Morgan fingerprint density at radius 2 is 1.87 bits per heavy atom. The highest BCUT2D eigenvalue weighted by Crippen LogP contribution is 2.45. The number of hydrogen-bond donors (Lipinski definition) is 3. The van der Waals surface area contributed by atoms with Gasteiger partial charge in [0.15, 0.2) is 0 Å². The molecule has 2 heterocycles. The highest BCUT2D eigenvalue weighted by molar-refractivity contribution is 7.91. The molecule has 52 heavy (non-hydrogen) atoms. The minimum Gasteiger partial charge on any atom is -0.489 e. The molecule has 2 saturated carbocycles. The van der Waals surface area contributed by atoms with E-state index in [1.54, 1.807) is 20.2 Å². The van der Waals surface area contributed by atoms with Gasteiger partial charge in [0.1, 0.15) is 36.1 Å². The van der Waals surface area contributed by atoms with E-state index in [0.717, 1.165) is 11.8 Å². The Bertz CT molecular complexity index is 1800. The van der Waals surface area contributed by atoms with Gasteiger partial charge >= 0.3 is 0 Å². The van der Waals surface area contributed by atoms with Crippen LogP contribution in [0.25, 0.3) is 10.8 Å². The van der Waals surface area contributed by atoms with E-state index in [2.05, 4.69) is 40.4 Å². The molecular weight excluding hydrogens is 692 g/mol. The summed E-state index contributed by atoms with van der Waals surface area (Å²) in [7, 11) is -2.30. The van der Waals surface area contributed by atoms with Crippen LogP contribution in [0, 0.1) is 11.8 Å². The van der Waals surface area contributed by atoms with Gasteiger partial charge in [0.2, 0.25) is 27.7 Å². The summed E-state index contributed by atoms with van der Waals surface area (Å²) >= 11 is 0. The molecule has 15 nitrogen and oxygen atoms in total. The van der Waals surface area contributed by atoms with Gasteiger partial charge in [0.25, 0.3) is 11.9 Å². The second-order valence-corrected chi connectivity index (χ2v) is 16.1. The van der Waals surface area contributed by atoms with Crippen molar-refractivity contribution in [3.63, 3.8) is 0 Å². The number of pyridine rings is 1. The lowest BCUT2D eigenvalue weighted by atomic mass is 10.1. The Labute approximate surface area is 304 Å². The number of nitrogens with one attached hydrogen (secondary N) is 2. The van der Waals surface area contributed by atoms with Gasteiger partial charge in [0.05, 0.1) is 30.7 Å². The molecule has 2 aliphatic carbocycles. The van der Waals surface area contributed by atoms with E-state index >= 15 is 0 Å². The number of likely N-dealkylation sites (tertiary alicyclic amines) is 1. The average molecular weight is 743 g/mol. The number of hydrogen-bond acceptors (Lipinski definition) is 11. The number of nitrogens with zero attached hydrogens (tertiary/aromatic N) is 3. The van der Waals surface area contributed by atoms with E-state index in [-0.39, 0.29) is 37.4 Å². The van der Waals surface area contributed by atoms with E-state index < -0.39 is 62.6 Å². The summed E-state index contributed by atoms with van der Waals surface area (Å²) in [5, 5.41) is 3.58. The molecule has 3 aliphatic rings. The number of ether oxygens (including phenoxy) is 4. The summed E-state index contributed by atoms with van der Waals surface area (Å²) in [5.41, 5.74) is 4.54. The molecule has 1 aliphatic heterocycles. The lowest BCUT2D eigenvalue weighted by Gasteiger charge is -2.27. The van der Waals surface area contributed by atoms with Crippen LogP contribution < -0.4 is 25.2 Å². The van der Waals surface area contributed by atoms with Crippen molar-refractivity contribution in [2.24, 2.45) is 22.6 Å². The lowest BCUT2D eigenvalue weighted by Crippen LogP contribution is -2.57. The fourth-order valence-corrected chi connectivity index (χ4v) is 7.94. The van der Waals surface area contributed by atoms with Gasteiger partial charge in [-0.3, -0.25) is 19.1 Å². The van der Waals surface area contributed by atoms with Gasteiger partial charge in [-0.2, -0.15) is 0 Å². The molecule has 16 heteroatoms. The SMILES string of the molecule is C=C[C@@H]1C[C@]1(NC(=O)[C@@H]1C[C@@H](Oc2ncc(OCCOC)c3ccccc23)CN1C(=O)[C@H](C)N=C(N)OC(C)CC(C)C)C(=O)NS(=O)(=O)C1CC1. The van der Waals surface area contributed by atoms with Gasteiger partial charge in [-0.1, -0.05) is 38.1 Å². The standard InChI is InChI=1S/C36H50N6O9S/c1-7-24-18-36(24,34(45)41-52(46,47)26-12-13-26)40-31(43)29-17-25(20-42(29)33(44)23(5)39-35(37)50-22(4)16-21(2)3)51-32-28-11-9-8-10-27(28)30(19-38-32)49-15-14-48-6/h7-11,19,21-26,29H,1,12-18,20H2,2-6H3,(H2,37,39)(H,40,43)(H,41,45)/t22?,23-,24+,25+,29-,36+/m0/s1. The zero-order valence-electron chi connectivity index (χ0n) is 30.4. The first kappa shape index (κ1) is 38.8. The van der Waals surface area contributed by atoms with Crippen LogP contribution in [0.15, 0.2) is 48.1 Å². The summed E-state index contributed by atoms with van der Waals surface area (Å²) in [4.78, 5) is 51.7. The summed E-state index contributed by atoms with van der Waals surface area (Å²) in [6.45, 7) is 12.0. The van der Waals surface area contributed by atoms with Crippen LogP contribution in [-0.2, 0) is 33.9 Å². The number of fused-ring (bicyclic) bond motifs is 1. The summed E-state index contributed by atoms with van der Waals surface area (Å²) in [5.74, 6) is -1.30. The maximum atomic E-state index is 14.1. The van der Waals surface area contributed by atoms with Crippen LogP contribution in [0.2, 0.25) is 0 Å². The number of aliphatic imine (C=N–C) groups is 1. The second kappa shape index (κ2) is 16.1. The molecule has 0 radical (unpaired) electrons. The Morgan fingerprint density at radius 1 is 1.15 bits per heavy atom.